The zero-order valence-corrected chi connectivity index (χ0v) is 15.5. The van der Waals surface area contributed by atoms with Gasteiger partial charge in [-0.15, -0.1) is 10.2 Å². The highest BCUT2D eigenvalue weighted by atomic mass is 16.5. The van der Waals surface area contributed by atoms with Crippen LogP contribution in [-0.2, 0) is 4.79 Å². The van der Waals surface area contributed by atoms with Crippen molar-refractivity contribution in [2.45, 2.75) is 20.0 Å². The van der Waals surface area contributed by atoms with Gasteiger partial charge >= 0.3 is 0 Å². The van der Waals surface area contributed by atoms with Crippen molar-refractivity contribution in [1.82, 2.24) is 20.0 Å². The summed E-state index contributed by atoms with van der Waals surface area (Å²) in [5.41, 5.74) is 1.14. The van der Waals surface area contributed by atoms with Crippen LogP contribution in [0.1, 0.15) is 24.3 Å². The SMILES string of the molecule is CC(C)Oc1ccc(Nc2ccc(C(=O)N3CCN(C=O)CC3)nn2)cc1. The van der Waals surface area contributed by atoms with Crippen molar-refractivity contribution in [3.63, 3.8) is 0 Å². The average molecular weight is 369 g/mol. The number of rotatable bonds is 6. The van der Waals surface area contributed by atoms with Crippen molar-refractivity contribution >= 4 is 23.8 Å². The van der Waals surface area contributed by atoms with Gasteiger partial charge in [-0.3, -0.25) is 9.59 Å². The lowest BCUT2D eigenvalue weighted by molar-refractivity contribution is -0.119. The summed E-state index contributed by atoms with van der Waals surface area (Å²) in [6, 6.07) is 10.9. The van der Waals surface area contributed by atoms with Crippen molar-refractivity contribution in [2.24, 2.45) is 0 Å². The minimum absolute atomic E-state index is 0.126. The fourth-order valence-electron chi connectivity index (χ4n) is 2.74. The summed E-state index contributed by atoms with van der Waals surface area (Å²) < 4.78 is 5.61. The van der Waals surface area contributed by atoms with Crippen molar-refractivity contribution in [1.29, 1.82) is 0 Å². The fourth-order valence-corrected chi connectivity index (χ4v) is 2.74. The lowest BCUT2D eigenvalue weighted by Gasteiger charge is -2.32. The Balaban J connectivity index is 1.58. The van der Waals surface area contributed by atoms with Gasteiger partial charge in [0, 0.05) is 31.9 Å². The standard InChI is InChI=1S/C19H23N5O3/c1-14(2)27-16-5-3-15(4-6-16)20-18-8-7-17(21-22-18)19(26)24-11-9-23(13-25)10-12-24/h3-8,13-14H,9-12H2,1-2H3,(H,20,22). The van der Waals surface area contributed by atoms with Gasteiger partial charge in [0.15, 0.2) is 11.5 Å². The minimum atomic E-state index is -0.171. The van der Waals surface area contributed by atoms with E-state index in [0.29, 0.717) is 37.7 Å². The Kier molecular flexibility index (Phi) is 5.85. The second-order valence-electron chi connectivity index (χ2n) is 6.55. The lowest BCUT2D eigenvalue weighted by atomic mass is 10.2. The van der Waals surface area contributed by atoms with Gasteiger partial charge in [-0.25, -0.2) is 0 Å². The molecule has 1 aromatic carbocycles. The second kappa shape index (κ2) is 8.48. The molecule has 1 N–H and O–H groups in total. The van der Waals surface area contributed by atoms with Crippen LogP contribution in [0.25, 0.3) is 0 Å². The topological polar surface area (TPSA) is 87.7 Å². The average Bonchev–Trinajstić information content (AvgIpc) is 2.69. The number of amides is 2. The Hall–Kier alpha value is -3.16. The number of hydrogen-bond acceptors (Lipinski definition) is 6. The van der Waals surface area contributed by atoms with Crippen LogP contribution in [0.4, 0.5) is 11.5 Å². The summed E-state index contributed by atoms with van der Waals surface area (Å²) in [5.74, 6) is 1.18. The number of ether oxygens (including phenoxy) is 1. The number of benzene rings is 1. The van der Waals surface area contributed by atoms with E-state index in [0.717, 1.165) is 17.8 Å². The molecule has 2 heterocycles. The van der Waals surface area contributed by atoms with Crippen LogP contribution in [0.2, 0.25) is 0 Å². The Bertz CT molecular complexity index is 769. The molecule has 1 fully saturated rings. The Labute approximate surface area is 158 Å². The van der Waals surface area contributed by atoms with Gasteiger partial charge in [-0.05, 0) is 50.2 Å². The first-order valence-electron chi connectivity index (χ1n) is 8.91. The van der Waals surface area contributed by atoms with E-state index in [9.17, 15) is 9.59 Å². The quantitative estimate of drug-likeness (QED) is 0.783. The molecule has 1 aliphatic heterocycles. The molecule has 142 valence electrons. The van der Waals surface area contributed by atoms with Gasteiger partial charge in [0.05, 0.1) is 6.10 Å². The maximum Gasteiger partial charge on any atom is 0.274 e. The summed E-state index contributed by atoms with van der Waals surface area (Å²) in [6.07, 6.45) is 0.935. The number of aromatic nitrogens is 2. The third-order valence-electron chi connectivity index (χ3n) is 4.13. The molecule has 1 aliphatic rings. The van der Waals surface area contributed by atoms with Crippen LogP contribution in [0.15, 0.2) is 36.4 Å². The highest BCUT2D eigenvalue weighted by Gasteiger charge is 2.22. The molecular formula is C19H23N5O3. The maximum atomic E-state index is 12.5. The molecule has 0 aliphatic carbocycles. The fraction of sp³-hybridized carbons (Fsp3) is 0.368. The van der Waals surface area contributed by atoms with E-state index in [1.165, 1.54) is 0 Å². The second-order valence-corrected chi connectivity index (χ2v) is 6.55. The van der Waals surface area contributed by atoms with E-state index >= 15 is 0 Å². The molecule has 2 amide bonds. The van der Waals surface area contributed by atoms with Gasteiger partial charge < -0.3 is 19.9 Å². The van der Waals surface area contributed by atoms with E-state index in [4.69, 9.17) is 4.74 Å². The number of piperazine rings is 1. The largest absolute Gasteiger partial charge is 0.491 e. The highest BCUT2D eigenvalue weighted by molar-refractivity contribution is 5.92. The third kappa shape index (κ3) is 4.93. The van der Waals surface area contributed by atoms with Crippen molar-refractivity contribution in [3.05, 3.63) is 42.1 Å². The van der Waals surface area contributed by atoms with Crippen LogP contribution in [0.5, 0.6) is 5.75 Å². The molecule has 8 nitrogen and oxygen atoms in total. The minimum Gasteiger partial charge on any atom is -0.491 e. The van der Waals surface area contributed by atoms with Gasteiger partial charge in [0.2, 0.25) is 6.41 Å². The number of carbonyl (C=O) groups excluding carboxylic acids is 2. The summed E-state index contributed by atoms with van der Waals surface area (Å²) in [6.45, 7) is 6.05. The van der Waals surface area contributed by atoms with Crippen LogP contribution in [0.3, 0.4) is 0 Å². The van der Waals surface area contributed by atoms with Crippen molar-refractivity contribution in [2.75, 3.05) is 31.5 Å². The Morgan fingerprint density at radius 2 is 1.78 bits per heavy atom. The molecule has 0 radical (unpaired) electrons. The van der Waals surface area contributed by atoms with Gasteiger partial charge in [0.25, 0.3) is 5.91 Å². The molecule has 0 atom stereocenters. The van der Waals surface area contributed by atoms with E-state index in [1.54, 1.807) is 21.9 Å². The van der Waals surface area contributed by atoms with Crippen molar-refractivity contribution < 1.29 is 14.3 Å². The van der Waals surface area contributed by atoms with Crippen LogP contribution < -0.4 is 10.1 Å². The lowest BCUT2D eigenvalue weighted by Crippen LogP contribution is -2.48. The number of nitrogens with zero attached hydrogens (tertiary/aromatic N) is 4. The molecule has 0 unspecified atom stereocenters. The van der Waals surface area contributed by atoms with E-state index in [2.05, 4.69) is 15.5 Å². The first-order chi connectivity index (χ1) is 13.0. The zero-order valence-electron chi connectivity index (χ0n) is 15.5. The zero-order chi connectivity index (χ0) is 19.2. The molecule has 1 aromatic heterocycles. The number of anilines is 2. The number of hydrogen-bond donors (Lipinski definition) is 1. The van der Waals surface area contributed by atoms with Crippen LogP contribution in [0, 0.1) is 0 Å². The molecule has 8 heteroatoms. The van der Waals surface area contributed by atoms with E-state index in [-0.39, 0.29) is 12.0 Å². The monoisotopic (exact) mass is 369 g/mol. The van der Waals surface area contributed by atoms with E-state index in [1.807, 2.05) is 38.1 Å². The molecule has 1 saturated heterocycles. The Morgan fingerprint density at radius 3 is 2.33 bits per heavy atom. The highest BCUT2D eigenvalue weighted by Crippen LogP contribution is 2.19. The molecule has 3 rings (SSSR count). The van der Waals surface area contributed by atoms with E-state index < -0.39 is 0 Å². The summed E-state index contributed by atoms with van der Waals surface area (Å²) in [4.78, 5) is 26.6. The third-order valence-corrected chi connectivity index (χ3v) is 4.13. The predicted octanol–water partition coefficient (Wildman–Crippen LogP) is 1.92. The smallest absolute Gasteiger partial charge is 0.274 e. The maximum absolute atomic E-state index is 12.5. The molecule has 0 saturated carbocycles. The normalized spacial score (nSPS) is 14.2. The molecule has 2 aromatic rings. The first-order valence-corrected chi connectivity index (χ1v) is 8.91. The summed E-state index contributed by atoms with van der Waals surface area (Å²) in [5, 5.41) is 11.3. The first kappa shape index (κ1) is 18.6. The molecule has 0 bridgehead atoms. The molecule has 27 heavy (non-hydrogen) atoms. The van der Waals surface area contributed by atoms with Crippen LogP contribution in [-0.4, -0.2) is 64.6 Å². The number of carbonyl (C=O) groups is 2. The van der Waals surface area contributed by atoms with Gasteiger partial charge in [-0.2, -0.15) is 0 Å². The Morgan fingerprint density at radius 1 is 1.07 bits per heavy atom. The summed E-state index contributed by atoms with van der Waals surface area (Å²) in [7, 11) is 0. The van der Waals surface area contributed by atoms with Crippen LogP contribution >= 0.6 is 0 Å². The van der Waals surface area contributed by atoms with Crippen molar-refractivity contribution in [3.8, 4) is 5.75 Å². The van der Waals surface area contributed by atoms with Gasteiger partial charge in [0.1, 0.15) is 5.75 Å². The summed E-state index contributed by atoms with van der Waals surface area (Å²) >= 11 is 0. The predicted molar refractivity (Wildman–Crippen MR) is 101 cm³/mol. The molecular weight excluding hydrogens is 346 g/mol. The number of nitrogens with one attached hydrogen (secondary N) is 1. The molecule has 0 spiro atoms. The van der Waals surface area contributed by atoms with Gasteiger partial charge in [-0.1, -0.05) is 0 Å².